The van der Waals surface area contributed by atoms with Crippen molar-refractivity contribution in [2.24, 2.45) is 5.92 Å². The van der Waals surface area contributed by atoms with Crippen LogP contribution < -0.4 is 0 Å². The quantitative estimate of drug-likeness (QED) is 0.661. The maximum absolute atomic E-state index is 2.28. The molecule has 1 rings (SSSR count). The van der Waals surface area contributed by atoms with Gasteiger partial charge < -0.3 is 0 Å². The predicted octanol–water partition coefficient (Wildman–Crippen LogP) is 4.07. The number of hydrogen-bond acceptors (Lipinski definition) is 1. The second-order valence-corrected chi connectivity index (χ2v) is 5.01. The van der Waals surface area contributed by atoms with Gasteiger partial charge in [-0.3, -0.25) is 0 Å². The summed E-state index contributed by atoms with van der Waals surface area (Å²) >= 11 is 1.90. The van der Waals surface area contributed by atoms with Gasteiger partial charge in [0.15, 0.2) is 0 Å². The summed E-state index contributed by atoms with van der Waals surface area (Å²) < 4.78 is 0. The van der Waals surface area contributed by atoms with Gasteiger partial charge in [0, 0.05) is 4.88 Å². The minimum absolute atomic E-state index is 0.693. The van der Waals surface area contributed by atoms with Crippen LogP contribution in [0.4, 0.5) is 0 Å². The lowest BCUT2D eigenvalue weighted by Gasteiger charge is -2.08. The molecule has 0 bridgehead atoms. The van der Waals surface area contributed by atoms with E-state index in [-0.39, 0.29) is 0 Å². The zero-order valence-electron chi connectivity index (χ0n) is 8.42. The van der Waals surface area contributed by atoms with Crippen molar-refractivity contribution in [3.8, 4) is 0 Å². The van der Waals surface area contributed by atoms with E-state index in [1.807, 2.05) is 11.3 Å². The minimum Gasteiger partial charge on any atom is -0.148 e. The van der Waals surface area contributed by atoms with Gasteiger partial charge in [-0.1, -0.05) is 27.7 Å². The Morgan fingerprint density at radius 2 is 1.92 bits per heavy atom. The third-order valence-electron chi connectivity index (χ3n) is 1.93. The highest BCUT2D eigenvalue weighted by molar-refractivity contribution is 7.10. The van der Waals surface area contributed by atoms with Gasteiger partial charge in [-0.25, -0.2) is 0 Å². The summed E-state index contributed by atoms with van der Waals surface area (Å²) in [5.41, 5.74) is 1.56. The first kappa shape index (κ1) is 9.79. The summed E-state index contributed by atoms with van der Waals surface area (Å²) in [6.07, 6.45) is 1.23. The molecule has 0 radical (unpaired) electrons. The maximum atomic E-state index is 2.28. The fraction of sp³-hybridized carbons (Fsp3) is 0.636. The maximum Gasteiger partial charge on any atom is 0.0103 e. The molecule has 0 saturated carbocycles. The normalized spacial score (nSPS) is 11.5. The van der Waals surface area contributed by atoms with E-state index in [4.69, 9.17) is 0 Å². The second kappa shape index (κ2) is 4.08. The summed E-state index contributed by atoms with van der Waals surface area (Å²) in [5.74, 6) is 1.47. The summed E-state index contributed by atoms with van der Waals surface area (Å²) in [5, 5.41) is 2.22. The average Bonchev–Trinajstić information content (AvgIpc) is 2.33. The van der Waals surface area contributed by atoms with Crippen molar-refractivity contribution < 1.29 is 0 Å². The first-order valence-electron chi connectivity index (χ1n) is 4.67. The van der Waals surface area contributed by atoms with Crippen molar-refractivity contribution in [2.45, 2.75) is 40.0 Å². The monoisotopic (exact) mass is 182 g/mol. The van der Waals surface area contributed by atoms with Crippen molar-refractivity contribution in [2.75, 3.05) is 0 Å². The lowest BCUT2D eigenvalue weighted by molar-refractivity contribution is 0.642. The Kier molecular flexibility index (Phi) is 3.33. The van der Waals surface area contributed by atoms with Crippen LogP contribution in [0.15, 0.2) is 11.4 Å². The summed E-state index contributed by atoms with van der Waals surface area (Å²) in [7, 11) is 0. The van der Waals surface area contributed by atoms with E-state index in [1.54, 1.807) is 10.4 Å². The Bertz CT molecular complexity index is 233. The first-order valence-corrected chi connectivity index (χ1v) is 5.55. The lowest BCUT2D eigenvalue weighted by atomic mass is 10.00. The molecule has 0 aliphatic heterocycles. The third-order valence-corrected chi connectivity index (χ3v) is 3.19. The Balaban J connectivity index is 2.77. The zero-order chi connectivity index (χ0) is 9.14. The molecule has 1 aromatic heterocycles. The highest BCUT2D eigenvalue weighted by Crippen LogP contribution is 2.27. The van der Waals surface area contributed by atoms with Crippen LogP contribution in [0.1, 0.15) is 44.1 Å². The van der Waals surface area contributed by atoms with Crippen LogP contribution in [0.3, 0.4) is 0 Å². The van der Waals surface area contributed by atoms with Gasteiger partial charge in [0.05, 0.1) is 0 Å². The van der Waals surface area contributed by atoms with E-state index < -0.39 is 0 Å². The molecule has 1 heterocycles. The van der Waals surface area contributed by atoms with Crippen LogP contribution in [0.25, 0.3) is 0 Å². The van der Waals surface area contributed by atoms with Crippen molar-refractivity contribution in [1.82, 2.24) is 0 Å². The molecule has 0 N–H and O–H groups in total. The highest BCUT2D eigenvalue weighted by Gasteiger charge is 2.08. The lowest BCUT2D eigenvalue weighted by Crippen LogP contribution is -1.96. The van der Waals surface area contributed by atoms with Gasteiger partial charge in [0.1, 0.15) is 0 Å². The van der Waals surface area contributed by atoms with Crippen LogP contribution in [-0.4, -0.2) is 0 Å². The smallest absolute Gasteiger partial charge is 0.0103 e. The fourth-order valence-electron chi connectivity index (χ4n) is 1.46. The van der Waals surface area contributed by atoms with E-state index in [1.165, 1.54) is 6.42 Å². The second-order valence-electron chi connectivity index (χ2n) is 4.06. The highest BCUT2D eigenvalue weighted by atomic mass is 32.1. The SMILES string of the molecule is CC(C)Cc1ccsc1C(C)C. The molecule has 0 unspecified atom stereocenters. The van der Waals surface area contributed by atoms with Crippen LogP contribution >= 0.6 is 11.3 Å². The van der Waals surface area contributed by atoms with Crippen molar-refractivity contribution in [3.63, 3.8) is 0 Å². The average molecular weight is 182 g/mol. The summed E-state index contributed by atoms with van der Waals surface area (Å²) in [6, 6.07) is 2.28. The molecular formula is C11H18S. The van der Waals surface area contributed by atoms with Crippen molar-refractivity contribution in [3.05, 3.63) is 21.9 Å². The summed E-state index contributed by atoms with van der Waals surface area (Å²) in [4.78, 5) is 1.57. The Hall–Kier alpha value is -0.300. The van der Waals surface area contributed by atoms with Gasteiger partial charge in [0.2, 0.25) is 0 Å². The van der Waals surface area contributed by atoms with Crippen LogP contribution in [0, 0.1) is 5.92 Å². The van der Waals surface area contributed by atoms with E-state index in [9.17, 15) is 0 Å². The first-order chi connectivity index (χ1) is 5.61. The molecule has 0 spiro atoms. The Morgan fingerprint density at radius 3 is 2.42 bits per heavy atom. The number of thiophene rings is 1. The molecule has 0 fully saturated rings. The molecule has 0 aliphatic rings. The van der Waals surface area contributed by atoms with E-state index >= 15 is 0 Å². The molecule has 68 valence electrons. The van der Waals surface area contributed by atoms with Crippen molar-refractivity contribution in [1.29, 1.82) is 0 Å². The molecular weight excluding hydrogens is 164 g/mol. The molecule has 0 nitrogen and oxygen atoms in total. The molecule has 1 heteroatoms. The zero-order valence-corrected chi connectivity index (χ0v) is 9.24. The topological polar surface area (TPSA) is 0 Å². The number of hydrogen-bond donors (Lipinski definition) is 0. The van der Waals surface area contributed by atoms with Gasteiger partial charge in [0.25, 0.3) is 0 Å². The molecule has 1 aromatic rings. The molecule has 0 aliphatic carbocycles. The van der Waals surface area contributed by atoms with E-state index in [0.717, 1.165) is 5.92 Å². The van der Waals surface area contributed by atoms with Gasteiger partial charge >= 0.3 is 0 Å². The van der Waals surface area contributed by atoms with Gasteiger partial charge in [-0.15, -0.1) is 11.3 Å². The van der Waals surface area contributed by atoms with Gasteiger partial charge in [-0.05, 0) is 35.3 Å². The molecule has 0 saturated heterocycles. The van der Waals surface area contributed by atoms with Crippen LogP contribution in [-0.2, 0) is 6.42 Å². The molecule has 12 heavy (non-hydrogen) atoms. The molecule has 0 atom stereocenters. The van der Waals surface area contributed by atoms with E-state index in [2.05, 4.69) is 39.1 Å². The minimum atomic E-state index is 0.693. The Labute approximate surface area is 79.6 Å². The van der Waals surface area contributed by atoms with E-state index in [0.29, 0.717) is 5.92 Å². The largest absolute Gasteiger partial charge is 0.148 e. The number of rotatable bonds is 3. The molecule has 0 amide bonds. The Morgan fingerprint density at radius 1 is 1.25 bits per heavy atom. The van der Waals surface area contributed by atoms with Crippen molar-refractivity contribution >= 4 is 11.3 Å². The van der Waals surface area contributed by atoms with Crippen LogP contribution in [0.2, 0.25) is 0 Å². The van der Waals surface area contributed by atoms with Gasteiger partial charge in [-0.2, -0.15) is 0 Å². The summed E-state index contributed by atoms with van der Waals surface area (Å²) in [6.45, 7) is 9.11. The standard InChI is InChI=1S/C11H18S/c1-8(2)7-10-5-6-12-11(10)9(3)4/h5-6,8-9H,7H2,1-4H3. The van der Waals surface area contributed by atoms with Crippen LogP contribution in [0.5, 0.6) is 0 Å². The predicted molar refractivity (Wildman–Crippen MR) is 57.0 cm³/mol. The fourth-order valence-corrected chi connectivity index (χ4v) is 2.42. The molecule has 0 aromatic carbocycles. The third kappa shape index (κ3) is 2.34.